The summed E-state index contributed by atoms with van der Waals surface area (Å²) in [7, 11) is 8.09. The summed E-state index contributed by atoms with van der Waals surface area (Å²) in [5.41, 5.74) is 2.29. The molecule has 122 valence electrons. The van der Waals surface area contributed by atoms with Crippen LogP contribution in [0.4, 0.5) is 5.69 Å². The lowest BCUT2D eigenvalue weighted by molar-refractivity contribution is -0.890. The van der Waals surface area contributed by atoms with Crippen LogP contribution in [-0.2, 0) is 14.3 Å². The van der Waals surface area contributed by atoms with Crippen molar-refractivity contribution in [2.75, 3.05) is 46.2 Å². The number of hydrogen-bond donors (Lipinski definition) is 2. The zero-order valence-corrected chi connectivity index (χ0v) is 14.0. The number of rotatable bonds is 7. The second kappa shape index (κ2) is 8.38. The van der Waals surface area contributed by atoms with E-state index in [9.17, 15) is 9.59 Å². The summed E-state index contributed by atoms with van der Waals surface area (Å²) in [4.78, 5) is 25.6. The van der Waals surface area contributed by atoms with Crippen LogP contribution in [0.2, 0.25) is 0 Å². The second-order valence-corrected chi connectivity index (χ2v) is 5.70. The molecule has 0 saturated heterocycles. The number of esters is 1. The highest BCUT2D eigenvalue weighted by Gasteiger charge is 2.19. The maximum absolute atomic E-state index is 11.6. The average molecular weight is 308 g/mol. The molecule has 0 bridgehead atoms. The molecule has 0 fully saturated rings. The molecule has 0 saturated carbocycles. The van der Waals surface area contributed by atoms with E-state index in [2.05, 4.69) is 34.3 Å². The molecule has 1 atom stereocenters. The van der Waals surface area contributed by atoms with Gasteiger partial charge in [-0.25, -0.2) is 0 Å². The molecular weight excluding hydrogens is 282 g/mol. The quantitative estimate of drug-likeness (QED) is 0.674. The summed E-state index contributed by atoms with van der Waals surface area (Å²) >= 11 is 0. The first-order valence-electron chi connectivity index (χ1n) is 7.28. The summed E-state index contributed by atoms with van der Waals surface area (Å²) in [6, 6.07) is 8.41. The summed E-state index contributed by atoms with van der Waals surface area (Å²) < 4.78 is 4.68. The number of anilines is 1. The fourth-order valence-corrected chi connectivity index (χ4v) is 2.09. The van der Waals surface area contributed by atoms with Crippen molar-refractivity contribution in [2.45, 2.75) is 13.0 Å². The second-order valence-electron chi connectivity index (χ2n) is 5.70. The van der Waals surface area contributed by atoms with Crippen LogP contribution in [0.1, 0.15) is 18.5 Å². The molecule has 1 amide bonds. The van der Waals surface area contributed by atoms with E-state index in [0.717, 1.165) is 11.3 Å². The fourth-order valence-electron chi connectivity index (χ4n) is 2.09. The molecular formula is C16H26N3O3+. The van der Waals surface area contributed by atoms with Crippen molar-refractivity contribution < 1.29 is 19.2 Å². The number of nitrogens with one attached hydrogen (secondary N) is 2. The van der Waals surface area contributed by atoms with E-state index in [0.29, 0.717) is 6.54 Å². The molecule has 0 aromatic heterocycles. The van der Waals surface area contributed by atoms with Gasteiger partial charge in [-0.3, -0.25) is 9.59 Å². The van der Waals surface area contributed by atoms with Crippen LogP contribution in [0.25, 0.3) is 0 Å². The van der Waals surface area contributed by atoms with Gasteiger partial charge >= 0.3 is 5.97 Å². The van der Waals surface area contributed by atoms with Crippen LogP contribution in [0.15, 0.2) is 24.3 Å². The lowest BCUT2D eigenvalue weighted by Gasteiger charge is -2.23. The molecule has 0 aliphatic heterocycles. The van der Waals surface area contributed by atoms with Gasteiger partial charge in [0, 0.05) is 32.3 Å². The summed E-state index contributed by atoms with van der Waals surface area (Å²) in [5.74, 6) is -0.740. The number of carbonyl (C=O) groups excluding carboxylic acids is 2. The van der Waals surface area contributed by atoms with E-state index in [1.165, 1.54) is 11.8 Å². The van der Waals surface area contributed by atoms with Crippen LogP contribution in [0, 0.1) is 0 Å². The summed E-state index contributed by atoms with van der Waals surface area (Å²) in [5, 5.41) is 2.81. The van der Waals surface area contributed by atoms with Crippen molar-refractivity contribution in [1.82, 2.24) is 5.32 Å². The first kappa shape index (κ1) is 18.0. The molecule has 1 rings (SSSR count). The van der Waals surface area contributed by atoms with Crippen LogP contribution >= 0.6 is 0 Å². The largest absolute Gasteiger partial charge is 0.456 e. The van der Waals surface area contributed by atoms with E-state index in [1.54, 1.807) is 0 Å². The first-order chi connectivity index (χ1) is 10.3. The standard InChI is InChI=1S/C16H25N3O3/c1-12(20)22-11-16(21)17-10-15(19(4)5)13-6-8-14(9-7-13)18(2)3/h6-9,15H,10-11H2,1-5H3,(H,17,21)/p+1/t15-/m0/s1. The minimum absolute atomic E-state index is 0.137. The summed E-state index contributed by atoms with van der Waals surface area (Å²) in [6.07, 6.45) is 0. The number of likely N-dealkylation sites (N-methyl/N-ethyl adjacent to an activating group) is 1. The minimum atomic E-state index is -0.454. The number of carbonyl (C=O) groups is 2. The zero-order chi connectivity index (χ0) is 16.7. The third kappa shape index (κ3) is 5.73. The van der Waals surface area contributed by atoms with E-state index in [1.807, 2.05) is 33.1 Å². The lowest BCUT2D eigenvalue weighted by atomic mass is 10.1. The maximum Gasteiger partial charge on any atom is 0.303 e. The van der Waals surface area contributed by atoms with Gasteiger partial charge in [-0.2, -0.15) is 0 Å². The summed E-state index contributed by atoms with van der Waals surface area (Å²) in [6.45, 7) is 1.54. The number of nitrogens with zero attached hydrogens (tertiary/aromatic N) is 1. The maximum atomic E-state index is 11.6. The Balaban J connectivity index is 2.65. The molecule has 0 unspecified atom stereocenters. The van der Waals surface area contributed by atoms with Crippen molar-refractivity contribution in [2.24, 2.45) is 0 Å². The monoisotopic (exact) mass is 308 g/mol. The molecule has 6 heteroatoms. The number of benzene rings is 1. The Morgan fingerprint density at radius 3 is 2.27 bits per heavy atom. The molecule has 1 aromatic carbocycles. The van der Waals surface area contributed by atoms with Gasteiger partial charge in [0.1, 0.15) is 6.04 Å². The Morgan fingerprint density at radius 2 is 1.82 bits per heavy atom. The molecule has 0 aliphatic carbocycles. The van der Waals surface area contributed by atoms with Gasteiger partial charge in [-0.1, -0.05) is 12.1 Å². The Bertz CT molecular complexity index is 498. The third-order valence-electron chi connectivity index (χ3n) is 3.42. The topological polar surface area (TPSA) is 63.1 Å². The minimum Gasteiger partial charge on any atom is -0.456 e. The van der Waals surface area contributed by atoms with Crippen molar-refractivity contribution in [1.29, 1.82) is 0 Å². The van der Waals surface area contributed by atoms with Gasteiger partial charge in [0.2, 0.25) is 0 Å². The smallest absolute Gasteiger partial charge is 0.303 e. The van der Waals surface area contributed by atoms with E-state index < -0.39 is 5.97 Å². The van der Waals surface area contributed by atoms with Crippen molar-refractivity contribution in [3.05, 3.63) is 29.8 Å². The molecule has 6 nitrogen and oxygen atoms in total. The molecule has 22 heavy (non-hydrogen) atoms. The molecule has 1 aromatic rings. The molecule has 0 aliphatic rings. The third-order valence-corrected chi connectivity index (χ3v) is 3.42. The van der Waals surface area contributed by atoms with Crippen molar-refractivity contribution in [3.63, 3.8) is 0 Å². The molecule has 0 heterocycles. The van der Waals surface area contributed by atoms with Crippen molar-refractivity contribution in [3.8, 4) is 0 Å². The average Bonchev–Trinajstić information content (AvgIpc) is 2.45. The predicted molar refractivity (Wildman–Crippen MR) is 86.0 cm³/mol. The Morgan fingerprint density at radius 1 is 1.23 bits per heavy atom. The number of amides is 1. The van der Waals surface area contributed by atoms with Gasteiger partial charge in [0.15, 0.2) is 6.61 Å². The van der Waals surface area contributed by atoms with Gasteiger partial charge in [0.25, 0.3) is 5.91 Å². The Labute approximate surface area is 132 Å². The number of hydrogen-bond acceptors (Lipinski definition) is 4. The Hall–Kier alpha value is -2.08. The normalized spacial score (nSPS) is 11.9. The highest BCUT2D eigenvalue weighted by Crippen LogP contribution is 2.15. The SMILES string of the molecule is CC(=O)OCC(=O)NC[C@@H](c1ccc(N(C)C)cc1)[NH+](C)C. The van der Waals surface area contributed by atoms with E-state index >= 15 is 0 Å². The number of quaternary nitrogens is 1. The fraction of sp³-hybridized carbons (Fsp3) is 0.500. The Kier molecular flexibility index (Phi) is 6.85. The first-order valence-corrected chi connectivity index (χ1v) is 7.28. The van der Waals surface area contributed by atoms with E-state index in [4.69, 9.17) is 0 Å². The highest BCUT2D eigenvalue weighted by atomic mass is 16.5. The predicted octanol–water partition coefficient (Wildman–Crippen LogP) is -0.382. The molecule has 0 radical (unpaired) electrons. The highest BCUT2D eigenvalue weighted by molar-refractivity contribution is 5.79. The van der Waals surface area contributed by atoms with Gasteiger partial charge in [-0.15, -0.1) is 0 Å². The molecule has 2 N–H and O–H groups in total. The molecule has 0 spiro atoms. The van der Waals surface area contributed by atoms with Crippen LogP contribution < -0.4 is 15.1 Å². The van der Waals surface area contributed by atoms with Crippen LogP contribution in [0.3, 0.4) is 0 Å². The lowest BCUT2D eigenvalue weighted by Crippen LogP contribution is -3.07. The van der Waals surface area contributed by atoms with E-state index in [-0.39, 0.29) is 18.6 Å². The van der Waals surface area contributed by atoms with Gasteiger partial charge < -0.3 is 19.9 Å². The van der Waals surface area contributed by atoms with Crippen molar-refractivity contribution >= 4 is 17.6 Å². The number of ether oxygens (including phenoxy) is 1. The van der Waals surface area contributed by atoms with Crippen LogP contribution in [-0.4, -0.2) is 53.2 Å². The zero-order valence-electron chi connectivity index (χ0n) is 14.0. The van der Waals surface area contributed by atoms with Gasteiger partial charge in [-0.05, 0) is 12.1 Å². The van der Waals surface area contributed by atoms with Gasteiger partial charge in [0.05, 0.1) is 20.6 Å². The van der Waals surface area contributed by atoms with Crippen LogP contribution in [0.5, 0.6) is 0 Å².